The zero-order valence-corrected chi connectivity index (χ0v) is 24.3. The maximum Gasteiger partial charge on any atom is 0.340 e. The second kappa shape index (κ2) is 11.0. The first-order valence-electron chi connectivity index (χ1n) is 13.5. The molecule has 0 unspecified atom stereocenters. The van der Waals surface area contributed by atoms with Crippen molar-refractivity contribution >= 4 is 16.4 Å². The molecular formula is C28H47N3O5S. The van der Waals surface area contributed by atoms with Gasteiger partial charge in [-0.25, -0.2) is 8.42 Å². The molecule has 0 spiro atoms. The van der Waals surface area contributed by atoms with Crippen LogP contribution in [0.15, 0.2) is 34.8 Å². The maximum atomic E-state index is 11.2. The van der Waals surface area contributed by atoms with Gasteiger partial charge in [-0.05, 0) is 103 Å². The molecule has 0 saturated heterocycles. The summed E-state index contributed by atoms with van der Waals surface area (Å²) in [7, 11) is -1.17. The van der Waals surface area contributed by atoms with Crippen LogP contribution in [0.3, 0.4) is 0 Å². The highest BCUT2D eigenvalue weighted by Gasteiger charge is 2.61. The van der Waals surface area contributed by atoms with E-state index < -0.39 is 10.4 Å². The van der Waals surface area contributed by atoms with E-state index in [1.807, 2.05) is 6.07 Å². The SMILES string of the molecule is CC1(C)CCC[C@]2(C)[C@H]3CC/C(=C\OS(=O)(=O)[O-])[C@H](CCc4ccoc4)[C@@]3(C)CC[C@@H]12.C[N+](C)=C(N)N. The molecule has 8 nitrogen and oxygen atoms in total. The fourth-order valence-electron chi connectivity index (χ4n) is 8.19. The summed E-state index contributed by atoms with van der Waals surface area (Å²) in [5.41, 5.74) is 13.0. The number of allylic oxidation sites excluding steroid dienone is 1. The van der Waals surface area contributed by atoms with Crippen LogP contribution in [0.1, 0.15) is 84.6 Å². The van der Waals surface area contributed by atoms with Gasteiger partial charge in [-0.15, -0.1) is 0 Å². The van der Waals surface area contributed by atoms with Crippen LogP contribution in [-0.2, 0) is 21.0 Å². The van der Waals surface area contributed by atoms with E-state index in [4.69, 9.17) is 15.9 Å². The molecule has 3 fully saturated rings. The van der Waals surface area contributed by atoms with E-state index >= 15 is 0 Å². The minimum atomic E-state index is -4.74. The van der Waals surface area contributed by atoms with E-state index in [-0.39, 0.29) is 11.3 Å². The lowest BCUT2D eigenvalue weighted by molar-refractivity contribution is -0.466. The van der Waals surface area contributed by atoms with Crippen molar-refractivity contribution in [3.63, 3.8) is 0 Å². The van der Waals surface area contributed by atoms with Crippen molar-refractivity contribution in [3.05, 3.63) is 36.0 Å². The van der Waals surface area contributed by atoms with Crippen LogP contribution >= 0.6 is 0 Å². The van der Waals surface area contributed by atoms with Crippen molar-refractivity contribution in [1.82, 2.24) is 0 Å². The zero-order chi connectivity index (χ0) is 27.6. The van der Waals surface area contributed by atoms with Crippen LogP contribution in [0.25, 0.3) is 0 Å². The molecule has 1 heterocycles. The summed E-state index contributed by atoms with van der Waals surface area (Å²) in [4.78, 5) is 0. The van der Waals surface area contributed by atoms with Gasteiger partial charge in [0.05, 0.1) is 26.6 Å². The lowest BCUT2D eigenvalue weighted by atomic mass is 9.39. The van der Waals surface area contributed by atoms with Crippen molar-refractivity contribution in [3.8, 4) is 0 Å². The minimum Gasteiger partial charge on any atom is -0.716 e. The third kappa shape index (κ3) is 6.53. The molecule has 5 atom stereocenters. The molecule has 3 saturated carbocycles. The summed E-state index contributed by atoms with van der Waals surface area (Å²) in [5.74, 6) is 1.86. The molecule has 0 bridgehead atoms. The van der Waals surface area contributed by atoms with Gasteiger partial charge in [0.1, 0.15) is 6.26 Å². The molecule has 4 rings (SSSR count). The summed E-state index contributed by atoms with van der Waals surface area (Å²) in [5, 5.41) is 0. The monoisotopic (exact) mass is 537 g/mol. The zero-order valence-electron chi connectivity index (χ0n) is 23.5. The minimum absolute atomic E-state index is 0.0719. The van der Waals surface area contributed by atoms with Crippen LogP contribution in [0.5, 0.6) is 0 Å². The first-order valence-corrected chi connectivity index (χ1v) is 14.8. The highest BCUT2D eigenvalue weighted by molar-refractivity contribution is 7.80. The molecule has 3 aliphatic carbocycles. The van der Waals surface area contributed by atoms with Crippen LogP contribution in [0.2, 0.25) is 0 Å². The van der Waals surface area contributed by atoms with E-state index in [0.717, 1.165) is 49.2 Å². The quantitative estimate of drug-likeness (QED) is 0.138. The Hall–Kier alpha value is -2.00. The second-order valence-electron chi connectivity index (χ2n) is 12.8. The Morgan fingerprint density at radius 1 is 1.14 bits per heavy atom. The van der Waals surface area contributed by atoms with Gasteiger partial charge < -0.3 is 13.2 Å². The lowest BCUT2D eigenvalue weighted by Crippen LogP contribution is -2.58. The Labute approximate surface area is 223 Å². The van der Waals surface area contributed by atoms with Crippen LogP contribution in [-0.4, -0.2) is 37.6 Å². The predicted octanol–water partition coefficient (Wildman–Crippen LogP) is 4.76. The Bertz CT molecular complexity index is 1080. The first-order chi connectivity index (χ1) is 17.1. The number of rotatable bonds is 5. The molecule has 0 radical (unpaired) electrons. The summed E-state index contributed by atoms with van der Waals surface area (Å²) >= 11 is 0. The molecule has 0 aliphatic heterocycles. The number of hydrogen-bond donors (Lipinski definition) is 2. The van der Waals surface area contributed by atoms with Crippen molar-refractivity contribution in [1.29, 1.82) is 0 Å². The Balaban J connectivity index is 0.000000568. The van der Waals surface area contributed by atoms with E-state index in [1.165, 1.54) is 31.9 Å². The van der Waals surface area contributed by atoms with Gasteiger partial charge in [0, 0.05) is 0 Å². The lowest BCUT2D eigenvalue weighted by Gasteiger charge is -2.66. The number of hydrogen-bond acceptors (Lipinski definition) is 5. The van der Waals surface area contributed by atoms with Gasteiger partial charge >= 0.3 is 5.96 Å². The van der Waals surface area contributed by atoms with E-state index in [0.29, 0.717) is 22.7 Å². The normalized spacial score (nSPS) is 33.9. The second-order valence-corrected chi connectivity index (χ2v) is 13.8. The highest BCUT2D eigenvalue weighted by atomic mass is 32.3. The molecule has 0 amide bonds. The van der Waals surface area contributed by atoms with E-state index in [2.05, 4.69) is 31.9 Å². The molecule has 1 aromatic rings. The Morgan fingerprint density at radius 2 is 1.81 bits per heavy atom. The number of nitrogens with two attached hydrogens (primary N) is 2. The number of furan rings is 1. The van der Waals surface area contributed by atoms with E-state index in [9.17, 15) is 13.0 Å². The number of aryl methyl sites for hydroxylation is 1. The standard InChI is InChI=1S/C25H38O5S.C3H9N3/c1-23(2)12-5-13-25(4)21(23)10-14-24(3)20(8-6-18-11-15-29-16-18)19(7-9-22(24)25)17-30-31(26,27)28;1-6(2)3(4)5/h11,15-17,20-22H,5-10,12-14H2,1-4H3,(H,26,27,28);1-2H3,(H3,4,5)/b19-17+;/t20-,21-,22-,24+,25-;/m0./s1. The summed E-state index contributed by atoms with van der Waals surface area (Å²) < 4.78 is 45.0. The molecule has 37 heavy (non-hydrogen) atoms. The summed E-state index contributed by atoms with van der Waals surface area (Å²) in [6.45, 7) is 9.85. The van der Waals surface area contributed by atoms with Gasteiger partial charge in [0.25, 0.3) is 10.4 Å². The topological polar surface area (TPSA) is 135 Å². The van der Waals surface area contributed by atoms with Crippen molar-refractivity contribution in [2.24, 2.45) is 45.5 Å². The van der Waals surface area contributed by atoms with Gasteiger partial charge in [0.2, 0.25) is 0 Å². The molecule has 3 aliphatic rings. The van der Waals surface area contributed by atoms with Gasteiger partial charge in [0.15, 0.2) is 0 Å². The third-order valence-electron chi connectivity index (χ3n) is 9.94. The number of fused-ring (bicyclic) bond motifs is 3. The van der Waals surface area contributed by atoms with Crippen LogP contribution < -0.4 is 11.5 Å². The highest BCUT2D eigenvalue weighted by Crippen LogP contribution is 2.69. The van der Waals surface area contributed by atoms with Crippen molar-refractivity contribution in [2.45, 2.75) is 85.5 Å². The van der Waals surface area contributed by atoms with Crippen LogP contribution in [0.4, 0.5) is 0 Å². The smallest absolute Gasteiger partial charge is 0.340 e. The fraction of sp³-hybridized carbons (Fsp3) is 0.750. The average Bonchev–Trinajstić information content (AvgIpc) is 3.29. The Kier molecular flexibility index (Phi) is 8.79. The number of guanidine groups is 1. The fourth-order valence-corrected chi connectivity index (χ4v) is 8.44. The van der Waals surface area contributed by atoms with E-state index in [1.54, 1.807) is 31.2 Å². The van der Waals surface area contributed by atoms with Gasteiger partial charge in [-0.1, -0.05) is 34.1 Å². The molecule has 4 N–H and O–H groups in total. The van der Waals surface area contributed by atoms with Crippen molar-refractivity contribution in [2.75, 3.05) is 14.1 Å². The van der Waals surface area contributed by atoms with Gasteiger partial charge in [-0.2, -0.15) is 0 Å². The largest absolute Gasteiger partial charge is 0.716 e. The maximum absolute atomic E-state index is 11.2. The molecule has 210 valence electrons. The Morgan fingerprint density at radius 3 is 2.38 bits per heavy atom. The molecule has 1 aromatic heterocycles. The predicted molar refractivity (Wildman–Crippen MR) is 144 cm³/mol. The van der Waals surface area contributed by atoms with Crippen molar-refractivity contribution < 1.29 is 26.1 Å². The number of nitrogens with zero attached hydrogens (tertiary/aromatic N) is 1. The third-order valence-corrected chi connectivity index (χ3v) is 10.3. The summed E-state index contributed by atoms with van der Waals surface area (Å²) in [6, 6.07) is 1.99. The summed E-state index contributed by atoms with van der Waals surface area (Å²) in [6.07, 6.45) is 14.6. The van der Waals surface area contributed by atoms with Gasteiger partial charge in [-0.3, -0.25) is 16.0 Å². The molecular weight excluding hydrogens is 490 g/mol. The molecule has 9 heteroatoms. The van der Waals surface area contributed by atoms with Crippen LogP contribution in [0, 0.1) is 34.0 Å². The average molecular weight is 538 g/mol. The first kappa shape index (κ1) is 29.6. The molecule has 0 aromatic carbocycles.